The predicted octanol–water partition coefficient (Wildman–Crippen LogP) is 2.00. The van der Waals surface area contributed by atoms with Gasteiger partial charge in [-0.3, -0.25) is 9.59 Å². The number of benzene rings is 1. The first kappa shape index (κ1) is 18.8. The maximum Gasteiger partial charge on any atom is 0.255 e. The molecule has 1 aromatic rings. The molecule has 1 saturated carbocycles. The molecule has 7 nitrogen and oxygen atoms in total. The second kappa shape index (κ2) is 8.14. The zero-order chi connectivity index (χ0) is 18.7. The number of methoxy groups -OCH3 is 1. The van der Waals surface area contributed by atoms with E-state index in [2.05, 4.69) is 0 Å². The minimum atomic E-state index is -0.625. The molecule has 1 aliphatic heterocycles. The topological polar surface area (TPSA) is 91.1 Å². The summed E-state index contributed by atoms with van der Waals surface area (Å²) >= 11 is 6.26. The van der Waals surface area contributed by atoms with Crippen LogP contribution in [0.3, 0.4) is 0 Å². The highest BCUT2D eigenvalue weighted by Gasteiger charge is 2.37. The average molecular weight is 383 g/mol. The van der Waals surface area contributed by atoms with E-state index >= 15 is 0 Å². The summed E-state index contributed by atoms with van der Waals surface area (Å²) in [5.74, 6) is -0.246. The van der Waals surface area contributed by atoms with Crippen LogP contribution >= 0.6 is 11.6 Å². The molecule has 26 heavy (non-hydrogen) atoms. The Hall–Kier alpha value is -1.99. The van der Waals surface area contributed by atoms with Crippen molar-refractivity contribution < 1.29 is 23.8 Å². The standard InChI is InChI=1S/C18H23ClN2O5/c1-24-15-9-11(8-12(19)17(15)26-10-16(20)22)18(23)21-6-7-25-14-5-3-2-4-13(14)21/h8-9,13-14H,2-7,10H2,1H3,(H2,20,22). The quantitative estimate of drug-likeness (QED) is 0.841. The van der Waals surface area contributed by atoms with Crippen molar-refractivity contribution in [1.29, 1.82) is 0 Å². The number of hydrogen-bond donors (Lipinski definition) is 1. The molecule has 8 heteroatoms. The Morgan fingerprint density at radius 1 is 1.35 bits per heavy atom. The van der Waals surface area contributed by atoms with Crippen molar-refractivity contribution in [2.75, 3.05) is 26.9 Å². The fraction of sp³-hybridized carbons (Fsp3) is 0.556. The van der Waals surface area contributed by atoms with Crippen molar-refractivity contribution in [1.82, 2.24) is 4.90 Å². The Morgan fingerprint density at radius 2 is 2.12 bits per heavy atom. The first-order chi connectivity index (χ1) is 12.5. The lowest BCUT2D eigenvalue weighted by atomic mass is 9.89. The highest BCUT2D eigenvalue weighted by Crippen LogP contribution is 2.37. The normalized spacial score (nSPS) is 22.5. The zero-order valence-electron chi connectivity index (χ0n) is 14.7. The van der Waals surface area contributed by atoms with Gasteiger partial charge in [0.25, 0.3) is 11.8 Å². The number of halogens is 1. The van der Waals surface area contributed by atoms with Gasteiger partial charge in [0.15, 0.2) is 18.1 Å². The number of carbonyl (C=O) groups is 2. The van der Waals surface area contributed by atoms with Gasteiger partial charge in [-0.2, -0.15) is 0 Å². The molecular formula is C18H23ClN2O5. The van der Waals surface area contributed by atoms with Crippen LogP contribution < -0.4 is 15.2 Å². The number of nitrogens with zero attached hydrogens (tertiary/aromatic N) is 1. The van der Waals surface area contributed by atoms with Crippen molar-refractivity contribution in [2.24, 2.45) is 5.73 Å². The van der Waals surface area contributed by atoms with Crippen molar-refractivity contribution in [3.63, 3.8) is 0 Å². The fourth-order valence-corrected chi connectivity index (χ4v) is 3.91. The van der Waals surface area contributed by atoms with Gasteiger partial charge in [0.2, 0.25) is 0 Å². The van der Waals surface area contributed by atoms with E-state index in [0.29, 0.717) is 18.7 Å². The van der Waals surface area contributed by atoms with Crippen LogP contribution in [0.2, 0.25) is 5.02 Å². The summed E-state index contributed by atoms with van der Waals surface area (Å²) in [7, 11) is 1.45. The lowest BCUT2D eigenvalue weighted by Crippen LogP contribution is -2.54. The first-order valence-corrected chi connectivity index (χ1v) is 9.10. The van der Waals surface area contributed by atoms with Gasteiger partial charge in [-0.15, -0.1) is 0 Å². The fourth-order valence-electron chi connectivity index (χ4n) is 3.64. The molecule has 2 fully saturated rings. The second-order valence-corrected chi connectivity index (χ2v) is 6.91. The van der Waals surface area contributed by atoms with Crippen LogP contribution in [0, 0.1) is 0 Å². The van der Waals surface area contributed by atoms with Crippen LogP contribution in [0.25, 0.3) is 0 Å². The molecule has 0 aromatic heterocycles. The summed E-state index contributed by atoms with van der Waals surface area (Å²) < 4.78 is 16.4. The first-order valence-electron chi connectivity index (χ1n) is 8.72. The summed E-state index contributed by atoms with van der Waals surface area (Å²) in [4.78, 5) is 25.9. The molecule has 0 radical (unpaired) electrons. The summed E-state index contributed by atoms with van der Waals surface area (Å²) in [5.41, 5.74) is 5.52. The number of morpholine rings is 1. The molecule has 1 aliphatic carbocycles. The number of amides is 2. The smallest absolute Gasteiger partial charge is 0.255 e. The predicted molar refractivity (Wildman–Crippen MR) is 95.7 cm³/mol. The van der Waals surface area contributed by atoms with Crippen LogP contribution in [-0.4, -0.2) is 55.7 Å². The van der Waals surface area contributed by atoms with Crippen molar-refractivity contribution >= 4 is 23.4 Å². The average Bonchev–Trinajstić information content (AvgIpc) is 2.65. The number of ether oxygens (including phenoxy) is 3. The molecule has 2 amide bonds. The van der Waals surface area contributed by atoms with E-state index in [0.717, 1.165) is 25.7 Å². The number of primary amides is 1. The third-order valence-corrected chi connectivity index (χ3v) is 5.11. The number of rotatable bonds is 5. The molecule has 1 heterocycles. The van der Waals surface area contributed by atoms with Crippen LogP contribution in [0.15, 0.2) is 12.1 Å². The van der Waals surface area contributed by atoms with E-state index in [4.69, 9.17) is 31.5 Å². The SMILES string of the molecule is COc1cc(C(=O)N2CCOC3CCCCC32)cc(Cl)c1OCC(N)=O. The number of fused-ring (bicyclic) bond motifs is 1. The van der Waals surface area contributed by atoms with Crippen LogP contribution in [-0.2, 0) is 9.53 Å². The summed E-state index contributed by atoms with van der Waals surface area (Å²) in [5, 5.41) is 0.197. The third-order valence-electron chi connectivity index (χ3n) is 4.83. The van der Waals surface area contributed by atoms with Crippen LogP contribution in [0.4, 0.5) is 0 Å². The van der Waals surface area contributed by atoms with Crippen LogP contribution in [0.5, 0.6) is 11.5 Å². The molecule has 2 N–H and O–H groups in total. The van der Waals surface area contributed by atoms with Crippen molar-refractivity contribution in [3.8, 4) is 11.5 Å². The van der Waals surface area contributed by atoms with Crippen LogP contribution in [0.1, 0.15) is 36.0 Å². The molecule has 1 aromatic carbocycles. The molecule has 0 bridgehead atoms. The molecule has 142 valence electrons. The van der Waals surface area contributed by atoms with Gasteiger partial charge in [0, 0.05) is 12.1 Å². The van der Waals surface area contributed by atoms with Gasteiger partial charge in [-0.05, 0) is 25.0 Å². The van der Waals surface area contributed by atoms with E-state index in [1.54, 1.807) is 6.07 Å². The van der Waals surface area contributed by atoms with Gasteiger partial charge in [0.1, 0.15) is 0 Å². The molecule has 2 aliphatic rings. The molecule has 1 saturated heterocycles. The minimum absolute atomic E-state index is 0.0977. The van der Waals surface area contributed by atoms with E-state index < -0.39 is 5.91 Å². The number of carbonyl (C=O) groups excluding carboxylic acids is 2. The van der Waals surface area contributed by atoms with E-state index in [9.17, 15) is 9.59 Å². The monoisotopic (exact) mass is 382 g/mol. The Morgan fingerprint density at radius 3 is 2.85 bits per heavy atom. The zero-order valence-corrected chi connectivity index (χ0v) is 15.5. The number of hydrogen-bond acceptors (Lipinski definition) is 5. The molecule has 2 unspecified atom stereocenters. The summed E-state index contributed by atoms with van der Waals surface area (Å²) in [6.45, 7) is 0.772. The molecular weight excluding hydrogens is 360 g/mol. The van der Waals surface area contributed by atoms with E-state index in [1.165, 1.54) is 13.2 Å². The van der Waals surface area contributed by atoms with Gasteiger partial charge in [-0.1, -0.05) is 24.4 Å². The number of nitrogens with two attached hydrogens (primary N) is 1. The summed E-state index contributed by atoms with van der Waals surface area (Å²) in [6.07, 6.45) is 4.27. The van der Waals surface area contributed by atoms with Crippen molar-refractivity contribution in [3.05, 3.63) is 22.7 Å². The minimum Gasteiger partial charge on any atom is -0.493 e. The Balaban J connectivity index is 1.84. The maximum absolute atomic E-state index is 13.1. The lowest BCUT2D eigenvalue weighted by molar-refractivity contribution is -0.119. The van der Waals surface area contributed by atoms with Gasteiger partial charge < -0.3 is 24.8 Å². The lowest BCUT2D eigenvalue weighted by Gasteiger charge is -2.43. The second-order valence-electron chi connectivity index (χ2n) is 6.50. The Bertz CT molecular complexity index is 694. The van der Waals surface area contributed by atoms with Crippen molar-refractivity contribution in [2.45, 2.75) is 37.8 Å². The largest absolute Gasteiger partial charge is 0.493 e. The van der Waals surface area contributed by atoms with Gasteiger partial charge in [-0.25, -0.2) is 0 Å². The van der Waals surface area contributed by atoms with E-state index in [-0.39, 0.29) is 41.2 Å². The molecule has 0 spiro atoms. The molecule has 2 atom stereocenters. The molecule has 3 rings (SSSR count). The maximum atomic E-state index is 13.1. The highest BCUT2D eigenvalue weighted by atomic mass is 35.5. The third kappa shape index (κ3) is 3.88. The Kier molecular flexibility index (Phi) is 5.88. The summed E-state index contributed by atoms with van der Waals surface area (Å²) in [6, 6.07) is 3.22. The highest BCUT2D eigenvalue weighted by molar-refractivity contribution is 6.32. The Labute approximate surface area is 157 Å². The van der Waals surface area contributed by atoms with Gasteiger partial charge >= 0.3 is 0 Å². The van der Waals surface area contributed by atoms with Gasteiger partial charge in [0.05, 0.1) is 30.9 Å². The van der Waals surface area contributed by atoms with E-state index in [1.807, 2.05) is 4.90 Å².